The van der Waals surface area contributed by atoms with Gasteiger partial charge in [-0.15, -0.1) is 0 Å². The maximum atomic E-state index is 11.6. The topological polar surface area (TPSA) is 75.4 Å². The molecule has 94 valence electrons. The largest absolute Gasteiger partial charge is 0.347 e. The second-order valence-electron chi connectivity index (χ2n) is 3.85. The number of aromatic nitrogens is 2. The summed E-state index contributed by atoms with van der Waals surface area (Å²) >= 11 is 0. The van der Waals surface area contributed by atoms with Crippen LogP contribution in [0.15, 0.2) is 12.3 Å². The molecule has 6 heteroatoms. The molecule has 6 nitrogen and oxygen atoms in total. The molecule has 0 aliphatic heterocycles. The SMILES string of the molecule is CCN(CC(=O)N(C)C)c1nccc(CN)n1. The Hall–Kier alpha value is -1.69. The van der Waals surface area contributed by atoms with Crippen LogP contribution >= 0.6 is 0 Å². The third-order valence-corrected chi connectivity index (χ3v) is 2.40. The smallest absolute Gasteiger partial charge is 0.241 e. The molecule has 0 aliphatic rings. The number of hydrogen-bond donors (Lipinski definition) is 1. The van der Waals surface area contributed by atoms with Crippen LogP contribution in [0.1, 0.15) is 12.6 Å². The second kappa shape index (κ2) is 6.15. The van der Waals surface area contributed by atoms with Crippen molar-refractivity contribution < 1.29 is 4.79 Å². The van der Waals surface area contributed by atoms with Gasteiger partial charge in [0.2, 0.25) is 11.9 Å². The van der Waals surface area contributed by atoms with E-state index < -0.39 is 0 Å². The van der Waals surface area contributed by atoms with Gasteiger partial charge in [0, 0.05) is 33.4 Å². The molecule has 0 unspecified atom stereocenters. The monoisotopic (exact) mass is 237 g/mol. The van der Waals surface area contributed by atoms with Gasteiger partial charge in [0.1, 0.15) is 0 Å². The van der Waals surface area contributed by atoms with Crippen molar-refractivity contribution in [1.82, 2.24) is 14.9 Å². The van der Waals surface area contributed by atoms with Crippen LogP contribution in [0.3, 0.4) is 0 Å². The lowest BCUT2D eigenvalue weighted by molar-refractivity contribution is -0.127. The van der Waals surface area contributed by atoms with E-state index in [1.54, 1.807) is 31.3 Å². The average Bonchev–Trinajstić information content (AvgIpc) is 2.35. The highest BCUT2D eigenvalue weighted by Gasteiger charge is 2.13. The summed E-state index contributed by atoms with van der Waals surface area (Å²) in [7, 11) is 3.46. The Morgan fingerprint density at radius 2 is 2.18 bits per heavy atom. The number of nitrogens with two attached hydrogens (primary N) is 1. The van der Waals surface area contributed by atoms with E-state index in [2.05, 4.69) is 9.97 Å². The van der Waals surface area contributed by atoms with Crippen LogP contribution in [0.4, 0.5) is 5.95 Å². The molecule has 0 saturated heterocycles. The lowest BCUT2D eigenvalue weighted by Crippen LogP contribution is -2.37. The number of nitrogens with zero attached hydrogens (tertiary/aromatic N) is 4. The summed E-state index contributed by atoms with van der Waals surface area (Å²) < 4.78 is 0. The summed E-state index contributed by atoms with van der Waals surface area (Å²) in [4.78, 5) is 23.5. The lowest BCUT2D eigenvalue weighted by atomic mass is 10.4. The molecule has 0 bridgehead atoms. The van der Waals surface area contributed by atoms with Gasteiger partial charge >= 0.3 is 0 Å². The average molecular weight is 237 g/mol. The van der Waals surface area contributed by atoms with Crippen LogP contribution in [-0.4, -0.2) is 48.0 Å². The molecular weight excluding hydrogens is 218 g/mol. The van der Waals surface area contributed by atoms with Crippen LogP contribution in [0, 0.1) is 0 Å². The predicted molar refractivity (Wildman–Crippen MR) is 66.5 cm³/mol. The summed E-state index contributed by atoms with van der Waals surface area (Å²) in [5.74, 6) is 0.569. The molecule has 0 fully saturated rings. The van der Waals surface area contributed by atoms with Crippen molar-refractivity contribution in [2.24, 2.45) is 5.73 Å². The molecule has 0 atom stereocenters. The zero-order valence-corrected chi connectivity index (χ0v) is 10.6. The van der Waals surface area contributed by atoms with Gasteiger partial charge < -0.3 is 15.5 Å². The molecule has 0 saturated carbocycles. The molecule has 0 aromatic carbocycles. The Labute approximate surface area is 101 Å². The summed E-state index contributed by atoms with van der Waals surface area (Å²) in [6.45, 7) is 3.28. The van der Waals surface area contributed by atoms with Crippen molar-refractivity contribution in [3.63, 3.8) is 0 Å². The van der Waals surface area contributed by atoms with Gasteiger partial charge in [-0.05, 0) is 13.0 Å². The van der Waals surface area contributed by atoms with E-state index in [1.165, 1.54) is 0 Å². The quantitative estimate of drug-likeness (QED) is 0.770. The molecule has 2 N–H and O–H groups in total. The van der Waals surface area contributed by atoms with E-state index in [9.17, 15) is 4.79 Å². The first-order valence-electron chi connectivity index (χ1n) is 5.55. The highest BCUT2D eigenvalue weighted by molar-refractivity contribution is 5.80. The van der Waals surface area contributed by atoms with Crippen LogP contribution in [0.2, 0.25) is 0 Å². The van der Waals surface area contributed by atoms with E-state index >= 15 is 0 Å². The highest BCUT2D eigenvalue weighted by Crippen LogP contribution is 2.07. The molecule has 1 amide bonds. The Morgan fingerprint density at radius 1 is 1.47 bits per heavy atom. The standard InChI is InChI=1S/C11H19N5O/c1-4-16(8-10(17)15(2)3)11-13-6-5-9(7-12)14-11/h5-6H,4,7-8,12H2,1-3H3. The maximum Gasteiger partial charge on any atom is 0.241 e. The Bertz CT molecular complexity index is 380. The van der Waals surface area contributed by atoms with Crippen molar-refractivity contribution in [3.05, 3.63) is 18.0 Å². The minimum Gasteiger partial charge on any atom is -0.347 e. The first-order valence-corrected chi connectivity index (χ1v) is 5.55. The molecule has 1 rings (SSSR count). The van der Waals surface area contributed by atoms with E-state index in [1.807, 2.05) is 11.8 Å². The van der Waals surface area contributed by atoms with Crippen LogP contribution in [0.25, 0.3) is 0 Å². The lowest BCUT2D eigenvalue weighted by Gasteiger charge is -2.22. The van der Waals surface area contributed by atoms with Crippen LogP contribution < -0.4 is 10.6 Å². The minimum absolute atomic E-state index is 0.0219. The first-order chi connectivity index (χ1) is 8.08. The molecule has 0 radical (unpaired) electrons. The van der Waals surface area contributed by atoms with Crippen molar-refractivity contribution in [2.45, 2.75) is 13.5 Å². The summed E-state index contributed by atoms with van der Waals surface area (Å²) in [6, 6.07) is 1.77. The third kappa shape index (κ3) is 3.67. The number of rotatable bonds is 5. The molecule has 1 aromatic heterocycles. The van der Waals surface area contributed by atoms with Gasteiger partial charge in [-0.25, -0.2) is 9.97 Å². The number of likely N-dealkylation sites (N-methyl/N-ethyl adjacent to an activating group) is 2. The highest BCUT2D eigenvalue weighted by atomic mass is 16.2. The van der Waals surface area contributed by atoms with Crippen LogP contribution in [-0.2, 0) is 11.3 Å². The first kappa shape index (κ1) is 13.4. The summed E-state index contributed by atoms with van der Waals surface area (Å²) in [6.07, 6.45) is 1.66. The van der Waals surface area contributed by atoms with Crippen molar-refractivity contribution >= 4 is 11.9 Å². The maximum absolute atomic E-state index is 11.6. The normalized spacial score (nSPS) is 10.1. The summed E-state index contributed by atoms with van der Waals surface area (Å²) in [5, 5.41) is 0. The van der Waals surface area contributed by atoms with Crippen molar-refractivity contribution in [3.8, 4) is 0 Å². The van der Waals surface area contributed by atoms with Gasteiger partial charge in [-0.1, -0.05) is 0 Å². The fraction of sp³-hybridized carbons (Fsp3) is 0.545. The Kier molecular flexibility index (Phi) is 4.84. The van der Waals surface area contributed by atoms with Gasteiger partial charge in [0.25, 0.3) is 0 Å². The minimum atomic E-state index is 0.0219. The Balaban J connectivity index is 2.82. The third-order valence-electron chi connectivity index (χ3n) is 2.40. The molecule has 0 aliphatic carbocycles. The van der Waals surface area contributed by atoms with Gasteiger partial charge in [0.15, 0.2) is 0 Å². The number of carbonyl (C=O) groups is 1. The molecule has 1 aromatic rings. The fourth-order valence-corrected chi connectivity index (χ4v) is 1.28. The number of anilines is 1. The zero-order chi connectivity index (χ0) is 12.8. The summed E-state index contributed by atoms with van der Waals surface area (Å²) in [5.41, 5.74) is 6.30. The molecule has 1 heterocycles. The number of carbonyl (C=O) groups excluding carboxylic acids is 1. The van der Waals surface area contributed by atoms with Gasteiger partial charge in [-0.2, -0.15) is 0 Å². The van der Waals surface area contributed by atoms with Crippen LogP contribution in [0.5, 0.6) is 0 Å². The van der Waals surface area contributed by atoms with E-state index in [0.717, 1.165) is 5.69 Å². The fourth-order valence-electron chi connectivity index (χ4n) is 1.28. The van der Waals surface area contributed by atoms with Gasteiger partial charge in [0.05, 0.1) is 12.2 Å². The van der Waals surface area contributed by atoms with Crippen molar-refractivity contribution in [1.29, 1.82) is 0 Å². The van der Waals surface area contributed by atoms with Crippen molar-refractivity contribution in [2.75, 3.05) is 32.1 Å². The number of amides is 1. The number of hydrogen-bond acceptors (Lipinski definition) is 5. The van der Waals surface area contributed by atoms with E-state index in [4.69, 9.17) is 5.73 Å². The molecule has 0 spiro atoms. The predicted octanol–water partition coefficient (Wildman–Crippen LogP) is -0.150. The Morgan fingerprint density at radius 3 is 2.71 bits per heavy atom. The molecular formula is C11H19N5O. The zero-order valence-electron chi connectivity index (χ0n) is 10.6. The second-order valence-corrected chi connectivity index (χ2v) is 3.85. The van der Waals surface area contributed by atoms with Gasteiger partial charge in [-0.3, -0.25) is 4.79 Å². The molecule has 17 heavy (non-hydrogen) atoms. The van der Waals surface area contributed by atoms with E-state index in [0.29, 0.717) is 19.0 Å². The van der Waals surface area contributed by atoms with E-state index in [-0.39, 0.29) is 12.5 Å².